The van der Waals surface area contributed by atoms with E-state index >= 15 is 0 Å². The number of rotatable bonds is 10. The zero-order chi connectivity index (χ0) is 26.4. The fourth-order valence-corrected chi connectivity index (χ4v) is 5.65. The van der Waals surface area contributed by atoms with Crippen LogP contribution in [0.25, 0.3) is 0 Å². The van der Waals surface area contributed by atoms with E-state index in [1.165, 1.54) is 21.9 Å². The van der Waals surface area contributed by atoms with Gasteiger partial charge in [0.25, 0.3) is 11.6 Å². The molecule has 0 aliphatic carbocycles. The van der Waals surface area contributed by atoms with Crippen molar-refractivity contribution in [2.24, 2.45) is 0 Å². The summed E-state index contributed by atoms with van der Waals surface area (Å²) in [5, 5.41) is 13.4. The molecule has 1 atom stereocenters. The number of halogens is 1. The van der Waals surface area contributed by atoms with Gasteiger partial charge < -0.3 is 14.5 Å². The van der Waals surface area contributed by atoms with Crippen LogP contribution in [0.2, 0.25) is 5.02 Å². The van der Waals surface area contributed by atoms with Gasteiger partial charge in [-0.1, -0.05) is 41.9 Å². The van der Waals surface area contributed by atoms with Gasteiger partial charge in [-0.2, -0.15) is 0 Å². The number of ether oxygens (including phenoxy) is 1. The van der Waals surface area contributed by atoms with Crippen LogP contribution in [0.1, 0.15) is 45.7 Å². The van der Waals surface area contributed by atoms with Gasteiger partial charge in [-0.25, -0.2) is 0 Å². The zero-order valence-electron chi connectivity index (χ0n) is 20.5. The Labute approximate surface area is 224 Å². The van der Waals surface area contributed by atoms with Gasteiger partial charge in [0.15, 0.2) is 0 Å². The van der Waals surface area contributed by atoms with E-state index in [0.717, 1.165) is 23.6 Å². The van der Waals surface area contributed by atoms with E-state index in [1.54, 1.807) is 11.3 Å². The first-order valence-electron chi connectivity index (χ1n) is 12.1. The third-order valence-corrected chi connectivity index (χ3v) is 7.64. The Morgan fingerprint density at radius 3 is 2.73 bits per heavy atom. The van der Waals surface area contributed by atoms with Crippen molar-refractivity contribution in [3.63, 3.8) is 0 Å². The Balaban J connectivity index is 1.60. The van der Waals surface area contributed by atoms with Crippen molar-refractivity contribution in [2.45, 2.75) is 25.8 Å². The molecule has 4 rings (SSSR count). The predicted molar refractivity (Wildman–Crippen MR) is 143 cm³/mol. The third-order valence-electron chi connectivity index (χ3n) is 6.33. The van der Waals surface area contributed by atoms with Crippen molar-refractivity contribution >= 4 is 40.4 Å². The first kappa shape index (κ1) is 26.8. The standard InChI is InChI=1S/C27H28ClN3O5S/c1-2-36-15-6-13-29(27(33)20-9-10-22(28)23(17-20)31(34)35)18-25(32)30-14-11-24-21(12-16-37-24)26(30)19-7-4-3-5-8-19/h3-5,7-10,12,16-17,26H,2,6,11,13-15,18H2,1H3. The second kappa shape index (κ2) is 12.3. The lowest BCUT2D eigenvalue weighted by atomic mass is 9.93. The number of nitro benzene ring substituents is 1. The summed E-state index contributed by atoms with van der Waals surface area (Å²) in [7, 11) is 0. The maximum Gasteiger partial charge on any atom is 0.288 e. The molecular formula is C27H28ClN3O5S. The zero-order valence-corrected chi connectivity index (χ0v) is 22.0. The van der Waals surface area contributed by atoms with Crippen LogP contribution in [-0.4, -0.2) is 59.4 Å². The van der Waals surface area contributed by atoms with Crippen LogP contribution in [0.5, 0.6) is 0 Å². The SMILES string of the molecule is CCOCCCN(CC(=O)N1CCc2sccc2C1c1ccccc1)C(=O)c1ccc(Cl)c([N+](=O)[O-])c1. The fourth-order valence-electron chi connectivity index (χ4n) is 4.56. The fraction of sp³-hybridized carbons (Fsp3) is 0.333. The molecule has 10 heteroatoms. The maximum atomic E-state index is 13.8. The summed E-state index contributed by atoms with van der Waals surface area (Å²) < 4.78 is 5.42. The second-order valence-electron chi connectivity index (χ2n) is 8.65. The van der Waals surface area contributed by atoms with Crippen LogP contribution in [0.15, 0.2) is 60.0 Å². The highest BCUT2D eigenvalue weighted by atomic mass is 35.5. The monoisotopic (exact) mass is 541 g/mol. The summed E-state index contributed by atoms with van der Waals surface area (Å²) in [4.78, 5) is 42.5. The predicted octanol–water partition coefficient (Wildman–Crippen LogP) is 5.35. The summed E-state index contributed by atoms with van der Waals surface area (Å²) in [5.41, 5.74) is 1.88. The highest BCUT2D eigenvalue weighted by Crippen LogP contribution is 2.37. The number of nitrogens with zero attached hydrogens (tertiary/aromatic N) is 3. The van der Waals surface area contributed by atoms with Crippen LogP contribution in [0.4, 0.5) is 5.69 Å². The highest BCUT2D eigenvalue weighted by molar-refractivity contribution is 7.10. The average Bonchev–Trinajstić information content (AvgIpc) is 3.39. The van der Waals surface area contributed by atoms with Crippen molar-refractivity contribution in [1.82, 2.24) is 9.80 Å². The van der Waals surface area contributed by atoms with Gasteiger partial charge in [-0.3, -0.25) is 19.7 Å². The topological polar surface area (TPSA) is 93.0 Å². The summed E-state index contributed by atoms with van der Waals surface area (Å²) in [6, 6.07) is 15.6. The minimum Gasteiger partial charge on any atom is -0.382 e. The largest absolute Gasteiger partial charge is 0.382 e. The van der Waals surface area contributed by atoms with E-state index in [4.69, 9.17) is 16.3 Å². The van der Waals surface area contributed by atoms with Crippen molar-refractivity contribution in [3.05, 3.63) is 96.7 Å². The minimum atomic E-state index is -0.625. The van der Waals surface area contributed by atoms with E-state index in [0.29, 0.717) is 26.2 Å². The quantitative estimate of drug-likeness (QED) is 0.196. The Morgan fingerprint density at radius 2 is 2.00 bits per heavy atom. The lowest BCUT2D eigenvalue weighted by Gasteiger charge is -2.37. The van der Waals surface area contributed by atoms with Gasteiger partial charge in [-0.15, -0.1) is 11.3 Å². The first-order chi connectivity index (χ1) is 17.9. The van der Waals surface area contributed by atoms with Gasteiger partial charge in [0.05, 0.1) is 11.0 Å². The molecule has 0 radical (unpaired) electrons. The number of fused-ring (bicyclic) bond motifs is 1. The molecule has 0 N–H and O–H groups in total. The number of amides is 2. The van der Waals surface area contributed by atoms with Gasteiger partial charge in [-0.05, 0) is 54.5 Å². The highest BCUT2D eigenvalue weighted by Gasteiger charge is 2.34. The number of nitro groups is 1. The molecule has 2 amide bonds. The summed E-state index contributed by atoms with van der Waals surface area (Å²) in [6.45, 7) is 3.53. The number of hydrogen-bond donors (Lipinski definition) is 0. The summed E-state index contributed by atoms with van der Waals surface area (Å²) >= 11 is 7.63. The van der Waals surface area contributed by atoms with E-state index in [1.807, 2.05) is 47.5 Å². The molecule has 1 aromatic heterocycles. The molecule has 0 fully saturated rings. The van der Waals surface area contributed by atoms with Gasteiger partial charge >= 0.3 is 0 Å². The average molecular weight is 542 g/mol. The lowest BCUT2D eigenvalue weighted by molar-refractivity contribution is -0.384. The molecule has 2 heterocycles. The Hall–Kier alpha value is -3.27. The number of carbonyl (C=O) groups is 2. The molecule has 0 saturated heterocycles. The van der Waals surface area contributed by atoms with Gasteiger partial charge in [0.1, 0.15) is 11.6 Å². The molecule has 1 aliphatic rings. The number of thiophene rings is 1. The molecule has 0 spiro atoms. The summed E-state index contributed by atoms with van der Waals surface area (Å²) in [6.07, 6.45) is 1.28. The minimum absolute atomic E-state index is 0.0499. The molecule has 1 unspecified atom stereocenters. The van der Waals surface area contributed by atoms with Crippen LogP contribution < -0.4 is 0 Å². The Kier molecular flexibility index (Phi) is 8.91. The van der Waals surface area contributed by atoms with E-state index in [9.17, 15) is 19.7 Å². The molecule has 8 nitrogen and oxygen atoms in total. The molecule has 0 saturated carbocycles. The van der Waals surface area contributed by atoms with Gasteiger partial charge in [0, 0.05) is 42.8 Å². The second-order valence-corrected chi connectivity index (χ2v) is 10.1. The molecule has 3 aromatic rings. The van der Waals surface area contributed by atoms with E-state index in [2.05, 4.69) is 6.07 Å². The van der Waals surface area contributed by atoms with Crippen LogP contribution in [0.3, 0.4) is 0 Å². The van der Waals surface area contributed by atoms with Crippen LogP contribution >= 0.6 is 22.9 Å². The van der Waals surface area contributed by atoms with E-state index < -0.39 is 10.8 Å². The van der Waals surface area contributed by atoms with Crippen molar-refractivity contribution in [3.8, 4) is 0 Å². The van der Waals surface area contributed by atoms with Crippen molar-refractivity contribution in [2.75, 3.05) is 32.8 Å². The molecule has 0 bridgehead atoms. The van der Waals surface area contributed by atoms with Gasteiger partial charge in [0.2, 0.25) is 5.91 Å². The normalized spacial score (nSPS) is 14.8. The smallest absolute Gasteiger partial charge is 0.288 e. The van der Waals surface area contributed by atoms with Crippen molar-refractivity contribution in [1.29, 1.82) is 0 Å². The summed E-state index contributed by atoms with van der Waals surface area (Å²) in [5.74, 6) is -0.645. The molecule has 1 aliphatic heterocycles. The molecule has 194 valence electrons. The van der Waals surface area contributed by atoms with E-state index in [-0.39, 0.29) is 41.3 Å². The number of carbonyl (C=O) groups excluding carboxylic acids is 2. The molecule has 2 aromatic carbocycles. The third kappa shape index (κ3) is 6.18. The van der Waals surface area contributed by atoms with Crippen molar-refractivity contribution < 1.29 is 19.2 Å². The molecule has 37 heavy (non-hydrogen) atoms. The Morgan fingerprint density at radius 1 is 1.22 bits per heavy atom. The maximum absolute atomic E-state index is 13.8. The molecular weight excluding hydrogens is 514 g/mol. The number of hydrogen-bond acceptors (Lipinski definition) is 6. The number of benzene rings is 2. The first-order valence-corrected chi connectivity index (χ1v) is 13.4. The lowest BCUT2D eigenvalue weighted by Crippen LogP contribution is -2.47. The van der Waals surface area contributed by atoms with Crippen LogP contribution in [0, 0.1) is 10.1 Å². The van der Waals surface area contributed by atoms with Crippen LogP contribution in [-0.2, 0) is 16.0 Å². The Bertz CT molecular complexity index is 1270.